The van der Waals surface area contributed by atoms with Crippen LogP contribution in [0, 0.1) is 17.2 Å². The fourth-order valence-corrected chi connectivity index (χ4v) is 3.79. The molecule has 1 aliphatic heterocycles. The van der Waals surface area contributed by atoms with Crippen LogP contribution in [-0.4, -0.2) is 16.6 Å². The summed E-state index contributed by atoms with van der Waals surface area (Å²) in [6, 6.07) is 18.8. The summed E-state index contributed by atoms with van der Waals surface area (Å²) in [6.07, 6.45) is 0. The molecule has 2 aromatic rings. The average molecular weight is 341 g/mol. The maximum absolute atomic E-state index is 12.6. The van der Waals surface area contributed by atoms with Gasteiger partial charge in [-0.15, -0.1) is 11.8 Å². The molecule has 1 heterocycles. The zero-order valence-electron chi connectivity index (χ0n) is 12.1. The van der Waals surface area contributed by atoms with Crippen molar-refractivity contribution in [2.45, 2.75) is 6.04 Å². The first kappa shape index (κ1) is 15.8. The van der Waals surface area contributed by atoms with E-state index in [1.54, 1.807) is 24.3 Å². The van der Waals surface area contributed by atoms with E-state index in [2.05, 4.69) is 11.1 Å². The van der Waals surface area contributed by atoms with Crippen LogP contribution in [0.15, 0.2) is 59.6 Å². The van der Waals surface area contributed by atoms with Crippen molar-refractivity contribution in [3.05, 3.63) is 70.7 Å². The number of nitrogens with zero attached hydrogens (tertiary/aromatic N) is 2. The van der Waals surface area contributed by atoms with Gasteiger partial charge >= 0.3 is 0 Å². The van der Waals surface area contributed by atoms with E-state index in [9.17, 15) is 10.1 Å². The van der Waals surface area contributed by atoms with Gasteiger partial charge in [0.15, 0.2) is 11.7 Å². The molecule has 0 amide bonds. The molecule has 2 atom stereocenters. The molecule has 114 valence electrons. The topological polar surface area (TPSA) is 53.2 Å². The number of ketones is 1. The molecule has 0 spiro atoms. The molecule has 0 saturated heterocycles. The van der Waals surface area contributed by atoms with Gasteiger partial charge in [0.05, 0.1) is 22.2 Å². The second-order valence-electron chi connectivity index (χ2n) is 5.11. The van der Waals surface area contributed by atoms with Crippen molar-refractivity contribution in [2.24, 2.45) is 10.9 Å². The van der Waals surface area contributed by atoms with Crippen LogP contribution in [0.25, 0.3) is 0 Å². The van der Waals surface area contributed by atoms with E-state index in [0.717, 1.165) is 11.3 Å². The van der Waals surface area contributed by atoms with Crippen molar-refractivity contribution in [1.82, 2.24) is 0 Å². The molecule has 5 heteroatoms. The third-order valence-electron chi connectivity index (χ3n) is 3.63. The lowest BCUT2D eigenvalue weighted by atomic mass is 9.99. The summed E-state index contributed by atoms with van der Waals surface area (Å²) in [4.78, 5) is 17.2. The highest BCUT2D eigenvalue weighted by Crippen LogP contribution is 2.34. The van der Waals surface area contributed by atoms with Gasteiger partial charge in [-0.1, -0.05) is 54.1 Å². The van der Waals surface area contributed by atoms with Crippen LogP contribution < -0.4 is 0 Å². The fourth-order valence-electron chi connectivity index (χ4n) is 2.44. The number of nitriles is 1. The van der Waals surface area contributed by atoms with Crippen molar-refractivity contribution in [3.8, 4) is 6.07 Å². The Hall–Kier alpha value is -2.09. The Labute approximate surface area is 144 Å². The van der Waals surface area contributed by atoms with Gasteiger partial charge in [0.2, 0.25) is 0 Å². The maximum atomic E-state index is 12.6. The van der Waals surface area contributed by atoms with E-state index in [1.165, 1.54) is 11.8 Å². The highest BCUT2D eigenvalue weighted by atomic mass is 35.5. The van der Waals surface area contributed by atoms with Gasteiger partial charge in [-0.2, -0.15) is 5.26 Å². The molecule has 0 aliphatic carbocycles. The molecule has 0 radical (unpaired) electrons. The van der Waals surface area contributed by atoms with Crippen molar-refractivity contribution in [3.63, 3.8) is 0 Å². The number of benzene rings is 2. The Kier molecular flexibility index (Phi) is 4.80. The monoisotopic (exact) mass is 340 g/mol. The van der Waals surface area contributed by atoms with E-state index in [4.69, 9.17) is 11.6 Å². The number of halogens is 1. The SMILES string of the molecule is N#CC(C(=O)c1ccccc1Cl)C1=NC(c2ccccc2)CS1. The van der Waals surface area contributed by atoms with Gasteiger partial charge in [-0.05, 0) is 17.7 Å². The molecule has 0 fully saturated rings. The number of aliphatic imine (C=N–C) groups is 1. The van der Waals surface area contributed by atoms with Gasteiger partial charge in [-0.25, -0.2) is 0 Å². The molecular formula is C18H13ClN2OS. The van der Waals surface area contributed by atoms with Crippen molar-refractivity contribution in [2.75, 3.05) is 5.75 Å². The van der Waals surface area contributed by atoms with E-state index in [1.807, 2.05) is 30.3 Å². The number of rotatable bonds is 4. The summed E-state index contributed by atoms with van der Waals surface area (Å²) in [5.74, 6) is -0.445. The number of thioether (sulfide) groups is 1. The maximum Gasteiger partial charge on any atom is 0.188 e. The first-order valence-corrected chi connectivity index (χ1v) is 8.51. The lowest BCUT2D eigenvalue weighted by Crippen LogP contribution is -2.20. The number of carbonyl (C=O) groups is 1. The van der Waals surface area contributed by atoms with Gasteiger partial charge < -0.3 is 0 Å². The Bertz CT molecular complexity index is 798. The van der Waals surface area contributed by atoms with Crippen LogP contribution in [0.4, 0.5) is 0 Å². The van der Waals surface area contributed by atoms with Crippen LogP contribution in [0.5, 0.6) is 0 Å². The average Bonchev–Trinajstić information content (AvgIpc) is 3.06. The zero-order valence-corrected chi connectivity index (χ0v) is 13.7. The second-order valence-corrected chi connectivity index (χ2v) is 6.56. The first-order chi connectivity index (χ1) is 11.2. The molecule has 0 aromatic heterocycles. The minimum Gasteiger partial charge on any atom is -0.292 e. The van der Waals surface area contributed by atoms with Crippen LogP contribution >= 0.6 is 23.4 Å². The quantitative estimate of drug-likeness (QED) is 0.767. The summed E-state index contributed by atoms with van der Waals surface area (Å²) in [7, 11) is 0. The molecule has 3 nitrogen and oxygen atoms in total. The predicted octanol–water partition coefficient (Wildman–Crippen LogP) is 4.55. The van der Waals surface area contributed by atoms with Crippen LogP contribution in [0.3, 0.4) is 0 Å². The summed E-state index contributed by atoms with van der Waals surface area (Å²) in [5, 5.41) is 10.4. The first-order valence-electron chi connectivity index (χ1n) is 7.14. The Balaban J connectivity index is 1.86. The number of hydrogen-bond donors (Lipinski definition) is 0. The smallest absolute Gasteiger partial charge is 0.188 e. The Morgan fingerprint density at radius 1 is 1.22 bits per heavy atom. The summed E-state index contributed by atoms with van der Waals surface area (Å²) in [6.45, 7) is 0. The van der Waals surface area contributed by atoms with Crippen molar-refractivity contribution in [1.29, 1.82) is 5.26 Å². The fraction of sp³-hybridized carbons (Fsp3) is 0.167. The zero-order chi connectivity index (χ0) is 16.2. The van der Waals surface area contributed by atoms with Gasteiger partial charge in [0.25, 0.3) is 0 Å². The summed E-state index contributed by atoms with van der Waals surface area (Å²) < 4.78 is 0. The predicted molar refractivity (Wildman–Crippen MR) is 94.0 cm³/mol. The molecule has 1 aliphatic rings. The molecular weight excluding hydrogens is 328 g/mol. The molecule has 2 unspecified atom stereocenters. The van der Waals surface area contributed by atoms with E-state index >= 15 is 0 Å². The standard InChI is InChI=1S/C18H13ClN2OS/c19-15-9-5-4-8-13(15)17(22)14(10-20)18-21-16(11-23-18)12-6-2-1-3-7-12/h1-9,14,16H,11H2. The van der Waals surface area contributed by atoms with Crippen molar-refractivity contribution >= 4 is 34.2 Å². The third kappa shape index (κ3) is 3.31. The number of Topliss-reactive ketones (excluding diaryl/α,β-unsaturated/α-hetero) is 1. The van der Waals surface area contributed by atoms with Crippen molar-refractivity contribution < 1.29 is 4.79 Å². The minimum absolute atomic E-state index is 0.00825. The van der Waals surface area contributed by atoms with E-state index in [-0.39, 0.29) is 11.8 Å². The molecule has 2 aromatic carbocycles. The van der Waals surface area contributed by atoms with Gasteiger partial charge in [0.1, 0.15) is 0 Å². The highest BCUT2D eigenvalue weighted by molar-refractivity contribution is 8.14. The number of carbonyl (C=O) groups excluding carboxylic acids is 1. The molecule has 0 N–H and O–H groups in total. The molecule has 0 bridgehead atoms. The van der Waals surface area contributed by atoms with Crippen LogP contribution in [-0.2, 0) is 0 Å². The molecule has 23 heavy (non-hydrogen) atoms. The Morgan fingerprint density at radius 2 is 1.91 bits per heavy atom. The van der Waals surface area contributed by atoms with Crippen LogP contribution in [0.1, 0.15) is 22.0 Å². The van der Waals surface area contributed by atoms with E-state index in [0.29, 0.717) is 15.6 Å². The Morgan fingerprint density at radius 3 is 2.61 bits per heavy atom. The lowest BCUT2D eigenvalue weighted by Gasteiger charge is -2.08. The largest absolute Gasteiger partial charge is 0.292 e. The normalized spacial score (nSPS) is 18.1. The molecule has 3 rings (SSSR count). The van der Waals surface area contributed by atoms with E-state index < -0.39 is 5.92 Å². The summed E-state index contributed by atoms with van der Waals surface area (Å²) >= 11 is 7.54. The van der Waals surface area contributed by atoms with Gasteiger partial charge in [-0.3, -0.25) is 9.79 Å². The lowest BCUT2D eigenvalue weighted by molar-refractivity contribution is 0.0976. The highest BCUT2D eigenvalue weighted by Gasteiger charge is 2.32. The summed E-state index contributed by atoms with van der Waals surface area (Å²) in [5.41, 5.74) is 1.46. The van der Waals surface area contributed by atoms with Gasteiger partial charge in [0, 0.05) is 11.3 Å². The third-order valence-corrected chi connectivity index (χ3v) is 5.08. The van der Waals surface area contributed by atoms with Crippen LogP contribution in [0.2, 0.25) is 5.02 Å². The molecule has 0 saturated carbocycles. The second kappa shape index (κ2) is 6.99. The minimum atomic E-state index is -0.895. The number of hydrogen-bond acceptors (Lipinski definition) is 4.